The van der Waals surface area contributed by atoms with E-state index >= 15 is 0 Å². The molecule has 0 aliphatic heterocycles. The van der Waals surface area contributed by atoms with E-state index < -0.39 is 0 Å². The molecule has 1 aromatic carbocycles. The second kappa shape index (κ2) is 5.14. The third-order valence-corrected chi connectivity index (χ3v) is 2.58. The lowest BCUT2D eigenvalue weighted by molar-refractivity contribution is 0.126. The van der Waals surface area contributed by atoms with E-state index in [-0.39, 0.29) is 6.73 Å². The van der Waals surface area contributed by atoms with Crippen LogP contribution in [0.4, 0.5) is 0 Å². The van der Waals surface area contributed by atoms with Gasteiger partial charge in [0.2, 0.25) is 0 Å². The maximum atomic E-state index is 8.97. The number of hydrogen-bond donors (Lipinski definition) is 1. The summed E-state index contributed by atoms with van der Waals surface area (Å²) < 4.78 is 5.32. The normalized spacial score (nSPS) is 10.8. The van der Waals surface area contributed by atoms with Crippen molar-refractivity contribution >= 4 is 0 Å². The molecule has 15 heavy (non-hydrogen) atoms. The third-order valence-electron chi connectivity index (χ3n) is 2.58. The first kappa shape index (κ1) is 12.0. The first-order chi connectivity index (χ1) is 7.08. The number of rotatable bonds is 4. The van der Waals surface area contributed by atoms with Crippen LogP contribution in [0.1, 0.15) is 16.7 Å². The molecule has 1 aromatic rings. The van der Waals surface area contributed by atoms with Crippen LogP contribution in [0, 0.1) is 13.8 Å². The summed E-state index contributed by atoms with van der Waals surface area (Å²) in [4.78, 5) is 1.83. The monoisotopic (exact) mass is 209 g/mol. The first-order valence-corrected chi connectivity index (χ1v) is 5.02. The van der Waals surface area contributed by atoms with Gasteiger partial charge in [0.15, 0.2) is 0 Å². The fourth-order valence-electron chi connectivity index (χ4n) is 1.50. The molecule has 0 heterocycles. The van der Waals surface area contributed by atoms with E-state index in [1.165, 1.54) is 11.1 Å². The summed E-state index contributed by atoms with van der Waals surface area (Å²) in [5.41, 5.74) is 3.58. The van der Waals surface area contributed by atoms with Crippen LogP contribution in [-0.2, 0) is 6.54 Å². The van der Waals surface area contributed by atoms with E-state index in [9.17, 15) is 0 Å². The molecule has 0 atom stereocenters. The van der Waals surface area contributed by atoms with Gasteiger partial charge in [-0.2, -0.15) is 0 Å². The fraction of sp³-hybridized carbons (Fsp3) is 0.500. The molecular weight excluding hydrogens is 190 g/mol. The summed E-state index contributed by atoms with van der Waals surface area (Å²) in [6, 6.07) is 4.15. The highest BCUT2D eigenvalue weighted by Crippen LogP contribution is 2.23. The van der Waals surface area contributed by atoms with Gasteiger partial charge in [-0.05, 0) is 38.1 Å². The second-order valence-electron chi connectivity index (χ2n) is 3.90. The van der Waals surface area contributed by atoms with Crippen LogP contribution in [0.25, 0.3) is 0 Å². The lowest BCUT2D eigenvalue weighted by atomic mass is 10.0. The number of aliphatic hydroxyl groups excluding tert-OH is 1. The summed E-state index contributed by atoms with van der Waals surface area (Å²) in [5, 5.41) is 8.97. The smallest absolute Gasteiger partial charge is 0.123 e. The molecular formula is C12H19NO2. The maximum absolute atomic E-state index is 8.97. The van der Waals surface area contributed by atoms with E-state index in [1.54, 1.807) is 7.11 Å². The number of aryl methyl sites for hydroxylation is 2. The molecule has 0 radical (unpaired) electrons. The predicted molar refractivity (Wildman–Crippen MR) is 61.0 cm³/mol. The Hall–Kier alpha value is -1.06. The highest BCUT2D eigenvalue weighted by molar-refractivity contribution is 5.41. The molecule has 0 saturated heterocycles. The van der Waals surface area contributed by atoms with Crippen molar-refractivity contribution in [3.8, 4) is 5.75 Å². The number of methoxy groups -OCH3 is 1. The predicted octanol–water partition coefficient (Wildman–Crippen LogP) is 1.69. The lowest BCUT2D eigenvalue weighted by Crippen LogP contribution is -2.19. The van der Waals surface area contributed by atoms with Gasteiger partial charge in [0.25, 0.3) is 0 Å². The molecule has 0 aromatic heterocycles. The van der Waals surface area contributed by atoms with E-state index in [2.05, 4.69) is 19.9 Å². The Bertz CT molecular complexity index is 337. The van der Waals surface area contributed by atoms with Gasteiger partial charge in [0.1, 0.15) is 5.75 Å². The van der Waals surface area contributed by atoms with E-state index in [1.807, 2.05) is 18.0 Å². The summed E-state index contributed by atoms with van der Waals surface area (Å²) in [6.45, 7) is 4.89. The van der Waals surface area contributed by atoms with Crippen LogP contribution >= 0.6 is 0 Å². The van der Waals surface area contributed by atoms with Crippen LogP contribution in [0.2, 0.25) is 0 Å². The quantitative estimate of drug-likeness (QED) is 0.766. The molecule has 0 aliphatic rings. The second-order valence-corrected chi connectivity index (χ2v) is 3.90. The molecule has 1 rings (SSSR count). The summed E-state index contributed by atoms with van der Waals surface area (Å²) in [5.74, 6) is 0.887. The van der Waals surface area contributed by atoms with Crippen molar-refractivity contribution in [3.05, 3.63) is 28.8 Å². The van der Waals surface area contributed by atoms with E-state index in [0.717, 1.165) is 11.3 Å². The van der Waals surface area contributed by atoms with Gasteiger partial charge < -0.3 is 9.84 Å². The average Bonchev–Trinajstić information content (AvgIpc) is 2.22. The molecule has 0 bridgehead atoms. The Morgan fingerprint density at radius 1 is 1.27 bits per heavy atom. The van der Waals surface area contributed by atoms with Crippen LogP contribution in [0.15, 0.2) is 12.1 Å². The molecule has 0 saturated carbocycles. The topological polar surface area (TPSA) is 32.7 Å². The molecule has 1 N–H and O–H groups in total. The van der Waals surface area contributed by atoms with Crippen LogP contribution < -0.4 is 4.74 Å². The van der Waals surface area contributed by atoms with Crippen LogP contribution in [0.5, 0.6) is 5.75 Å². The van der Waals surface area contributed by atoms with Crippen molar-refractivity contribution in [2.45, 2.75) is 20.4 Å². The van der Waals surface area contributed by atoms with Gasteiger partial charge in [0.05, 0.1) is 13.8 Å². The molecule has 0 fully saturated rings. The number of aliphatic hydroxyl groups is 1. The van der Waals surface area contributed by atoms with Crippen LogP contribution in [-0.4, -0.2) is 30.9 Å². The van der Waals surface area contributed by atoms with Gasteiger partial charge in [-0.1, -0.05) is 6.07 Å². The van der Waals surface area contributed by atoms with E-state index in [0.29, 0.717) is 6.54 Å². The Morgan fingerprint density at radius 2 is 1.87 bits per heavy atom. The fourth-order valence-corrected chi connectivity index (χ4v) is 1.50. The van der Waals surface area contributed by atoms with Gasteiger partial charge in [-0.3, -0.25) is 4.90 Å². The zero-order chi connectivity index (χ0) is 11.4. The summed E-state index contributed by atoms with van der Waals surface area (Å²) in [6.07, 6.45) is 0. The van der Waals surface area contributed by atoms with Gasteiger partial charge in [0, 0.05) is 12.1 Å². The number of hydrogen-bond acceptors (Lipinski definition) is 3. The Labute approximate surface area is 91.3 Å². The van der Waals surface area contributed by atoms with Crippen molar-refractivity contribution < 1.29 is 9.84 Å². The molecule has 3 nitrogen and oxygen atoms in total. The average molecular weight is 209 g/mol. The lowest BCUT2D eigenvalue weighted by Gasteiger charge is -2.17. The molecule has 3 heteroatoms. The third kappa shape index (κ3) is 2.94. The Morgan fingerprint density at radius 3 is 2.40 bits per heavy atom. The number of nitrogens with zero attached hydrogens (tertiary/aromatic N) is 1. The largest absolute Gasteiger partial charge is 0.496 e. The molecule has 0 unspecified atom stereocenters. The summed E-state index contributed by atoms with van der Waals surface area (Å²) in [7, 11) is 3.54. The van der Waals surface area contributed by atoms with Crippen molar-refractivity contribution in [2.24, 2.45) is 0 Å². The van der Waals surface area contributed by atoms with Gasteiger partial charge in [-0.15, -0.1) is 0 Å². The number of ether oxygens (including phenoxy) is 1. The molecule has 0 amide bonds. The molecule has 0 spiro atoms. The summed E-state index contributed by atoms with van der Waals surface area (Å²) >= 11 is 0. The first-order valence-electron chi connectivity index (χ1n) is 5.02. The minimum atomic E-state index is 0.0517. The minimum Gasteiger partial charge on any atom is -0.496 e. The highest BCUT2D eigenvalue weighted by atomic mass is 16.5. The number of benzene rings is 1. The van der Waals surface area contributed by atoms with Crippen molar-refractivity contribution in [1.82, 2.24) is 4.90 Å². The van der Waals surface area contributed by atoms with E-state index in [4.69, 9.17) is 9.84 Å². The molecule has 0 aliphatic carbocycles. The van der Waals surface area contributed by atoms with Crippen molar-refractivity contribution in [1.29, 1.82) is 0 Å². The van der Waals surface area contributed by atoms with Gasteiger partial charge in [-0.25, -0.2) is 0 Å². The Kier molecular flexibility index (Phi) is 4.12. The standard InChI is InChI=1S/C12H19NO2/c1-9-5-11(7-13(3)8-14)12(15-4)6-10(9)2/h5-6,14H,7-8H2,1-4H3. The zero-order valence-electron chi connectivity index (χ0n) is 9.87. The van der Waals surface area contributed by atoms with Crippen molar-refractivity contribution in [2.75, 3.05) is 20.9 Å². The zero-order valence-corrected chi connectivity index (χ0v) is 9.87. The maximum Gasteiger partial charge on any atom is 0.123 e. The van der Waals surface area contributed by atoms with Gasteiger partial charge >= 0.3 is 0 Å². The Balaban J connectivity index is 2.99. The van der Waals surface area contributed by atoms with Crippen molar-refractivity contribution in [3.63, 3.8) is 0 Å². The SMILES string of the molecule is COc1cc(C)c(C)cc1CN(C)CO. The minimum absolute atomic E-state index is 0.0517. The molecule has 84 valence electrons. The van der Waals surface area contributed by atoms with Crippen LogP contribution in [0.3, 0.4) is 0 Å². The highest BCUT2D eigenvalue weighted by Gasteiger charge is 2.07.